The molecule has 8 heteroatoms. The summed E-state index contributed by atoms with van der Waals surface area (Å²) in [6.45, 7) is 1.10. The number of benzene rings is 1. The molecule has 0 atom stereocenters. The number of rotatable bonds is 2. The van der Waals surface area contributed by atoms with Crippen LogP contribution in [-0.4, -0.2) is 23.1 Å². The van der Waals surface area contributed by atoms with Crippen molar-refractivity contribution in [1.29, 1.82) is 0 Å². The van der Waals surface area contributed by atoms with E-state index < -0.39 is 24.8 Å². The number of alkyl halides is 3. The number of amides is 1. The molecular weight excluding hydrogens is 238 g/mol. The Hall–Kier alpha value is -1.54. The molecule has 0 unspecified atom stereocenters. The van der Waals surface area contributed by atoms with Crippen molar-refractivity contribution in [2.75, 3.05) is 5.32 Å². The van der Waals surface area contributed by atoms with Crippen LogP contribution in [0.25, 0.3) is 0 Å². The quantitative estimate of drug-likeness (QED) is 0.660. The van der Waals surface area contributed by atoms with E-state index in [1.54, 1.807) is 0 Å². The summed E-state index contributed by atoms with van der Waals surface area (Å²) < 4.78 is 37.2. The second-order valence-electron chi connectivity index (χ2n) is 3.35. The van der Waals surface area contributed by atoms with Crippen LogP contribution >= 0.6 is 0 Å². The molecule has 0 saturated heterocycles. The largest absolute Gasteiger partial charge is 0.490 e. The fraction of sp³-hybridized carbons (Fsp3) is 0.222. The fourth-order valence-corrected chi connectivity index (χ4v) is 1.26. The Morgan fingerprint density at radius 2 is 1.94 bits per heavy atom. The Balaban J connectivity index is 3.24. The summed E-state index contributed by atoms with van der Waals surface area (Å²) in [5, 5.41) is 20.0. The number of hydrogen-bond donors (Lipinski definition) is 3. The molecule has 1 rings (SSSR count). The van der Waals surface area contributed by atoms with Crippen molar-refractivity contribution in [3.63, 3.8) is 0 Å². The van der Waals surface area contributed by atoms with Gasteiger partial charge in [0.05, 0.1) is 5.56 Å². The number of anilines is 1. The molecule has 0 spiro atoms. The van der Waals surface area contributed by atoms with Gasteiger partial charge in [-0.2, -0.15) is 13.2 Å². The molecule has 0 heterocycles. The Kier molecular flexibility index (Phi) is 3.79. The molecule has 17 heavy (non-hydrogen) atoms. The fourth-order valence-electron chi connectivity index (χ4n) is 1.26. The maximum Gasteiger partial charge on any atom is 0.490 e. The van der Waals surface area contributed by atoms with Gasteiger partial charge in [0.15, 0.2) is 0 Å². The highest BCUT2D eigenvalue weighted by Gasteiger charge is 2.32. The molecule has 0 aromatic heterocycles. The summed E-state index contributed by atoms with van der Waals surface area (Å²) in [7, 11) is -1.96. The van der Waals surface area contributed by atoms with Gasteiger partial charge >= 0.3 is 13.3 Å². The minimum atomic E-state index is -4.56. The van der Waals surface area contributed by atoms with E-state index in [1.165, 1.54) is 0 Å². The van der Waals surface area contributed by atoms with Gasteiger partial charge in [0.2, 0.25) is 5.91 Å². The second-order valence-corrected chi connectivity index (χ2v) is 3.35. The highest BCUT2D eigenvalue weighted by atomic mass is 19.4. The second kappa shape index (κ2) is 4.76. The van der Waals surface area contributed by atoms with E-state index >= 15 is 0 Å². The Labute approximate surface area is 95.2 Å². The van der Waals surface area contributed by atoms with Gasteiger partial charge in [-0.3, -0.25) is 4.79 Å². The standard InChI is InChI=1S/C9H9BF3NO3/c1-5(15)14-8-4-6(9(11,12)13)2-3-7(8)10(16)17/h2-4,16-17H,1H3,(H,14,15). The molecule has 4 nitrogen and oxygen atoms in total. The average molecular weight is 247 g/mol. The van der Waals surface area contributed by atoms with Crippen LogP contribution in [0.15, 0.2) is 18.2 Å². The first-order chi connectivity index (χ1) is 7.71. The minimum absolute atomic E-state index is 0.201. The van der Waals surface area contributed by atoms with Crippen LogP contribution in [0.1, 0.15) is 12.5 Å². The first kappa shape index (κ1) is 13.5. The molecule has 0 fully saturated rings. The number of nitrogens with one attached hydrogen (secondary N) is 1. The highest BCUT2D eigenvalue weighted by molar-refractivity contribution is 6.60. The van der Waals surface area contributed by atoms with Gasteiger partial charge in [0, 0.05) is 18.1 Å². The van der Waals surface area contributed by atoms with Crippen LogP contribution in [0, 0.1) is 0 Å². The van der Waals surface area contributed by atoms with Gasteiger partial charge in [-0.25, -0.2) is 0 Å². The minimum Gasteiger partial charge on any atom is -0.423 e. The van der Waals surface area contributed by atoms with Crippen LogP contribution < -0.4 is 10.8 Å². The highest BCUT2D eigenvalue weighted by Crippen LogP contribution is 2.30. The third-order valence-electron chi connectivity index (χ3n) is 1.97. The monoisotopic (exact) mass is 247 g/mol. The van der Waals surface area contributed by atoms with E-state index in [9.17, 15) is 18.0 Å². The molecule has 0 saturated carbocycles. The van der Waals surface area contributed by atoms with Crippen molar-refractivity contribution in [1.82, 2.24) is 0 Å². The Bertz CT molecular complexity index is 434. The first-order valence-corrected chi connectivity index (χ1v) is 4.56. The summed E-state index contributed by atoms with van der Waals surface area (Å²) in [4.78, 5) is 10.8. The first-order valence-electron chi connectivity index (χ1n) is 4.56. The number of carbonyl (C=O) groups is 1. The molecule has 0 aliphatic carbocycles. The Morgan fingerprint density at radius 1 is 1.35 bits per heavy atom. The van der Waals surface area contributed by atoms with Crippen LogP contribution in [0.4, 0.5) is 18.9 Å². The summed E-state index contributed by atoms with van der Waals surface area (Å²) in [5.74, 6) is -0.605. The van der Waals surface area contributed by atoms with Crippen molar-refractivity contribution in [2.24, 2.45) is 0 Å². The zero-order valence-electron chi connectivity index (χ0n) is 8.75. The Morgan fingerprint density at radius 3 is 2.35 bits per heavy atom. The maximum absolute atomic E-state index is 12.4. The summed E-state index contributed by atoms with van der Waals surface area (Å²) in [6.07, 6.45) is -4.56. The average Bonchev–Trinajstić information content (AvgIpc) is 2.14. The molecule has 1 aromatic rings. The van der Waals surface area contributed by atoms with E-state index in [1.807, 2.05) is 0 Å². The summed E-state index contributed by atoms with van der Waals surface area (Å²) in [6, 6.07) is 2.26. The van der Waals surface area contributed by atoms with Gasteiger partial charge in [-0.1, -0.05) is 12.1 Å². The molecule has 92 valence electrons. The lowest BCUT2D eigenvalue weighted by Gasteiger charge is -2.13. The molecule has 3 N–H and O–H groups in total. The number of hydrogen-bond acceptors (Lipinski definition) is 3. The van der Waals surface area contributed by atoms with E-state index in [0.717, 1.165) is 13.0 Å². The molecule has 1 aromatic carbocycles. The third kappa shape index (κ3) is 3.47. The van der Waals surface area contributed by atoms with E-state index in [0.29, 0.717) is 12.1 Å². The van der Waals surface area contributed by atoms with Crippen molar-refractivity contribution in [2.45, 2.75) is 13.1 Å². The predicted octanol–water partition coefficient (Wildman–Crippen LogP) is 0.344. The topological polar surface area (TPSA) is 69.6 Å². The van der Waals surface area contributed by atoms with Crippen LogP contribution in [-0.2, 0) is 11.0 Å². The summed E-state index contributed by atoms with van der Waals surface area (Å²) >= 11 is 0. The smallest absolute Gasteiger partial charge is 0.423 e. The van der Waals surface area contributed by atoms with Gasteiger partial charge in [-0.05, 0) is 6.07 Å². The van der Waals surface area contributed by atoms with Crippen molar-refractivity contribution < 1.29 is 28.0 Å². The zero-order chi connectivity index (χ0) is 13.2. The SMILES string of the molecule is CC(=O)Nc1cc(C(F)(F)F)ccc1B(O)O. The van der Waals surface area contributed by atoms with Crippen LogP contribution in [0.5, 0.6) is 0 Å². The molecule has 0 aliphatic heterocycles. The van der Waals surface area contributed by atoms with Gasteiger partial charge in [0.1, 0.15) is 0 Å². The van der Waals surface area contributed by atoms with E-state index in [2.05, 4.69) is 5.32 Å². The zero-order valence-corrected chi connectivity index (χ0v) is 8.75. The van der Waals surface area contributed by atoms with E-state index in [4.69, 9.17) is 10.0 Å². The van der Waals surface area contributed by atoms with E-state index in [-0.39, 0.29) is 11.2 Å². The van der Waals surface area contributed by atoms with Gasteiger partial charge in [-0.15, -0.1) is 0 Å². The number of halogens is 3. The molecular formula is C9H9BF3NO3. The molecule has 1 amide bonds. The lowest BCUT2D eigenvalue weighted by atomic mass is 9.78. The molecule has 0 aliphatic rings. The van der Waals surface area contributed by atoms with Crippen molar-refractivity contribution >= 4 is 24.2 Å². The van der Waals surface area contributed by atoms with Gasteiger partial charge in [0.25, 0.3) is 0 Å². The molecule has 0 bridgehead atoms. The van der Waals surface area contributed by atoms with Crippen molar-refractivity contribution in [3.05, 3.63) is 23.8 Å². The number of carbonyl (C=O) groups excluding carboxylic acids is 1. The maximum atomic E-state index is 12.4. The lowest BCUT2D eigenvalue weighted by molar-refractivity contribution is -0.137. The van der Waals surface area contributed by atoms with Crippen LogP contribution in [0.3, 0.4) is 0 Å². The molecule has 0 radical (unpaired) electrons. The van der Waals surface area contributed by atoms with Crippen molar-refractivity contribution in [3.8, 4) is 0 Å². The van der Waals surface area contributed by atoms with Crippen LogP contribution in [0.2, 0.25) is 0 Å². The third-order valence-corrected chi connectivity index (χ3v) is 1.97. The lowest BCUT2D eigenvalue weighted by Crippen LogP contribution is -2.33. The predicted molar refractivity (Wildman–Crippen MR) is 55.6 cm³/mol. The normalized spacial score (nSPS) is 11.2. The summed E-state index contributed by atoms with van der Waals surface area (Å²) in [5.41, 5.74) is -1.46. The van der Waals surface area contributed by atoms with Gasteiger partial charge < -0.3 is 15.4 Å².